The summed E-state index contributed by atoms with van der Waals surface area (Å²) >= 11 is 0. The van der Waals surface area contributed by atoms with Crippen LogP contribution in [-0.2, 0) is 6.54 Å². The van der Waals surface area contributed by atoms with Gasteiger partial charge in [-0.05, 0) is 42.1 Å². The molecule has 1 saturated heterocycles. The predicted molar refractivity (Wildman–Crippen MR) is 82.5 cm³/mol. The van der Waals surface area contributed by atoms with Gasteiger partial charge in [0.15, 0.2) is 0 Å². The largest absolute Gasteiger partial charge is 0.478 e. The third-order valence-corrected chi connectivity index (χ3v) is 4.15. The summed E-state index contributed by atoms with van der Waals surface area (Å²) in [5, 5.41) is 8.91. The summed E-state index contributed by atoms with van der Waals surface area (Å²) in [7, 11) is 0. The number of aromatic carboxylic acids is 1. The second-order valence-electron chi connectivity index (χ2n) is 5.63. The molecule has 1 heterocycles. The minimum atomic E-state index is -0.869. The maximum Gasteiger partial charge on any atom is 0.335 e. The lowest BCUT2D eigenvalue weighted by molar-refractivity contribution is 0.0697. The van der Waals surface area contributed by atoms with E-state index < -0.39 is 5.97 Å². The molecule has 0 bridgehead atoms. The Morgan fingerprint density at radius 3 is 2.48 bits per heavy atom. The number of hydrogen-bond donors (Lipinski definition) is 1. The van der Waals surface area contributed by atoms with Crippen molar-refractivity contribution in [2.24, 2.45) is 0 Å². The first-order chi connectivity index (χ1) is 10.2. The molecule has 1 fully saturated rings. The highest BCUT2D eigenvalue weighted by atomic mass is 16.4. The van der Waals surface area contributed by atoms with Crippen LogP contribution in [0.25, 0.3) is 0 Å². The van der Waals surface area contributed by atoms with Gasteiger partial charge in [-0.25, -0.2) is 4.79 Å². The van der Waals surface area contributed by atoms with Gasteiger partial charge in [-0.15, -0.1) is 0 Å². The molecule has 3 heteroatoms. The van der Waals surface area contributed by atoms with Gasteiger partial charge in [-0.3, -0.25) is 4.90 Å². The van der Waals surface area contributed by atoms with E-state index in [0.29, 0.717) is 11.5 Å². The molecule has 0 radical (unpaired) electrons. The van der Waals surface area contributed by atoms with E-state index >= 15 is 0 Å². The van der Waals surface area contributed by atoms with Gasteiger partial charge in [-0.1, -0.05) is 42.5 Å². The zero-order valence-electron chi connectivity index (χ0n) is 11.9. The van der Waals surface area contributed by atoms with E-state index in [1.165, 1.54) is 17.5 Å². The van der Waals surface area contributed by atoms with E-state index in [4.69, 9.17) is 5.11 Å². The minimum absolute atomic E-state index is 0.349. The number of nitrogens with zero attached hydrogens (tertiary/aromatic N) is 1. The predicted octanol–water partition coefficient (Wildman–Crippen LogP) is 3.37. The fourth-order valence-electron chi connectivity index (χ4n) is 2.98. The lowest BCUT2D eigenvalue weighted by atomic mass is 9.99. The van der Waals surface area contributed by atoms with Gasteiger partial charge >= 0.3 is 5.97 Å². The zero-order chi connectivity index (χ0) is 14.7. The Morgan fingerprint density at radius 2 is 1.81 bits per heavy atom. The Morgan fingerprint density at radius 1 is 1.10 bits per heavy atom. The highest BCUT2D eigenvalue weighted by Gasteiger charge is 2.23. The Balaban J connectivity index is 1.61. The van der Waals surface area contributed by atoms with Crippen LogP contribution >= 0.6 is 0 Å². The maximum absolute atomic E-state index is 10.8. The van der Waals surface area contributed by atoms with Crippen molar-refractivity contribution in [3.63, 3.8) is 0 Å². The van der Waals surface area contributed by atoms with Gasteiger partial charge in [0.05, 0.1) is 5.56 Å². The molecule has 1 aliphatic heterocycles. The molecule has 3 rings (SSSR count). The molecule has 1 unspecified atom stereocenters. The molecule has 21 heavy (non-hydrogen) atoms. The number of carbonyl (C=O) groups is 1. The molecule has 1 N–H and O–H groups in total. The number of carboxylic acid groups (broad SMARTS) is 1. The Labute approximate surface area is 124 Å². The summed E-state index contributed by atoms with van der Waals surface area (Å²) in [6.07, 6.45) is 1.19. The molecular formula is C18H19NO2. The van der Waals surface area contributed by atoms with Crippen molar-refractivity contribution in [3.8, 4) is 0 Å². The van der Waals surface area contributed by atoms with E-state index in [9.17, 15) is 4.79 Å². The Kier molecular flexibility index (Phi) is 4.02. The van der Waals surface area contributed by atoms with Crippen LogP contribution in [0.2, 0.25) is 0 Å². The number of carboxylic acids is 1. The van der Waals surface area contributed by atoms with Gasteiger partial charge in [0.25, 0.3) is 0 Å². The normalized spacial score (nSPS) is 18.8. The monoisotopic (exact) mass is 281 g/mol. The fourth-order valence-corrected chi connectivity index (χ4v) is 2.98. The second-order valence-corrected chi connectivity index (χ2v) is 5.63. The molecule has 0 amide bonds. The highest BCUT2D eigenvalue weighted by molar-refractivity contribution is 5.87. The molecular weight excluding hydrogens is 262 g/mol. The van der Waals surface area contributed by atoms with Crippen LogP contribution in [-0.4, -0.2) is 29.1 Å². The summed E-state index contributed by atoms with van der Waals surface area (Å²) in [6, 6.07) is 17.9. The standard InChI is InChI=1S/C18H19NO2/c20-18(21)16-8-6-14(7-9-16)12-19-11-10-17(13-19)15-4-2-1-3-5-15/h1-9,17H,10-13H2,(H,20,21). The van der Waals surface area contributed by atoms with Gasteiger partial charge in [0.2, 0.25) is 0 Å². The quantitative estimate of drug-likeness (QED) is 0.934. The van der Waals surface area contributed by atoms with Gasteiger partial charge < -0.3 is 5.11 Å². The Bertz CT molecular complexity index is 607. The third kappa shape index (κ3) is 3.31. The maximum atomic E-state index is 10.8. The molecule has 0 aliphatic carbocycles. The first-order valence-electron chi connectivity index (χ1n) is 7.32. The highest BCUT2D eigenvalue weighted by Crippen LogP contribution is 2.27. The number of benzene rings is 2. The molecule has 3 nitrogen and oxygen atoms in total. The topological polar surface area (TPSA) is 40.5 Å². The van der Waals surface area contributed by atoms with Crippen molar-refractivity contribution in [2.75, 3.05) is 13.1 Å². The number of hydrogen-bond acceptors (Lipinski definition) is 2. The van der Waals surface area contributed by atoms with Crippen LogP contribution in [0, 0.1) is 0 Å². The summed E-state index contributed by atoms with van der Waals surface area (Å²) in [6.45, 7) is 3.06. The molecule has 1 atom stereocenters. The third-order valence-electron chi connectivity index (χ3n) is 4.15. The van der Waals surface area contributed by atoms with Crippen molar-refractivity contribution in [1.29, 1.82) is 0 Å². The smallest absolute Gasteiger partial charge is 0.335 e. The first kappa shape index (κ1) is 13.8. The van der Waals surface area contributed by atoms with Crippen molar-refractivity contribution in [2.45, 2.75) is 18.9 Å². The molecule has 108 valence electrons. The van der Waals surface area contributed by atoms with Crippen LogP contribution in [0.5, 0.6) is 0 Å². The lowest BCUT2D eigenvalue weighted by Crippen LogP contribution is -2.19. The van der Waals surface area contributed by atoms with E-state index in [2.05, 4.69) is 35.2 Å². The van der Waals surface area contributed by atoms with Crippen molar-refractivity contribution in [1.82, 2.24) is 4.90 Å². The SMILES string of the molecule is O=C(O)c1ccc(CN2CCC(c3ccccc3)C2)cc1. The van der Waals surface area contributed by atoms with Gasteiger partial charge in [0.1, 0.15) is 0 Å². The number of rotatable bonds is 4. The fraction of sp³-hybridized carbons (Fsp3) is 0.278. The minimum Gasteiger partial charge on any atom is -0.478 e. The van der Waals surface area contributed by atoms with Gasteiger partial charge in [0, 0.05) is 13.1 Å². The molecule has 2 aromatic rings. The molecule has 0 spiro atoms. The van der Waals surface area contributed by atoms with Crippen molar-refractivity contribution < 1.29 is 9.90 Å². The lowest BCUT2D eigenvalue weighted by Gasteiger charge is -2.16. The average Bonchev–Trinajstić information content (AvgIpc) is 2.97. The summed E-state index contributed by atoms with van der Waals surface area (Å²) in [4.78, 5) is 13.3. The van der Waals surface area contributed by atoms with Crippen molar-refractivity contribution >= 4 is 5.97 Å². The van der Waals surface area contributed by atoms with Crippen molar-refractivity contribution in [3.05, 3.63) is 71.3 Å². The van der Waals surface area contributed by atoms with Crippen LogP contribution in [0.15, 0.2) is 54.6 Å². The van der Waals surface area contributed by atoms with Gasteiger partial charge in [-0.2, -0.15) is 0 Å². The average molecular weight is 281 g/mol. The van der Waals surface area contributed by atoms with Crippen LogP contribution in [0.3, 0.4) is 0 Å². The summed E-state index contributed by atoms with van der Waals surface area (Å²) in [5.74, 6) is -0.253. The summed E-state index contributed by atoms with van der Waals surface area (Å²) < 4.78 is 0. The van der Waals surface area contributed by atoms with Crippen LogP contribution in [0.1, 0.15) is 33.8 Å². The number of likely N-dealkylation sites (tertiary alicyclic amines) is 1. The molecule has 0 aromatic heterocycles. The van der Waals surface area contributed by atoms with Crippen LogP contribution in [0.4, 0.5) is 0 Å². The van der Waals surface area contributed by atoms with E-state index in [0.717, 1.165) is 19.6 Å². The first-order valence-corrected chi connectivity index (χ1v) is 7.32. The van der Waals surface area contributed by atoms with E-state index in [-0.39, 0.29) is 0 Å². The molecule has 1 aliphatic rings. The molecule has 0 saturated carbocycles. The van der Waals surface area contributed by atoms with E-state index in [1.54, 1.807) is 12.1 Å². The second kappa shape index (κ2) is 6.10. The van der Waals surface area contributed by atoms with Crippen LogP contribution < -0.4 is 0 Å². The summed E-state index contributed by atoms with van der Waals surface area (Å²) in [5.41, 5.74) is 2.94. The Hall–Kier alpha value is -2.13. The zero-order valence-corrected chi connectivity index (χ0v) is 11.9. The van der Waals surface area contributed by atoms with E-state index in [1.807, 2.05) is 12.1 Å². The molecule has 2 aromatic carbocycles.